The molecule has 44 heavy (non-hydrogen) atoms. The van der Waals surface area contributed by atoms with Gasteiger partial charge in [-0.2, -0.15) is 13.2 Å². The molecule has 16 heteroatoms. The van der Waals surface area contributed by atoms with Crippen molar-refractivity contribution in [2.75, 3.05) is 25.0 Å². The molecule has 1 heterocycles. The largest absolute Gasteiger partial charge is 0.506 e. The average molecular weight is 750 g/mol. The van der Waals surface area contributed by atoms with Crippen LogP contribution in [0, 0.1) is 0 Å². The second-order valence-corrected chi connectivity index (χ2v) is 11.3. The minimum Gasteiger partial charge on any atom is -0.506 e. The van der Waals surface area contributed by atoms with Crippen LogP contribution in [0.1, 0.15) is 61.0 Å². The van der Waals surface area contributed by atoms with E-state index in [1.807, 2.05) is 0 Å². The van der Waals surface area contributed by atoms with Gasteiger partial charge in [0.25, 0.3) is 5.91 Å². The van der Waals surface area contributed by atoms with Crippen LogP contribution in [0.4, 0.5) is 18.9 Å². The molecule has 4 N–H and O–H groups in total. The number of phenolic OH excluding ortho intramolecular Hbond substituents is 1. The Labute approximate surface area is 267 Å². The number of halogens is 5. The average Bonchev–Trinajstić information content (AvgIpc) is 3.21. The summed E-state index contributed by atoms with van der Waals surface area (Å²) in [6.45, 7) is 1.64. The van der Waals surface area contributed by atoms with Crippen LogP contribution in [0.5, 0.6) is 11.5 Å². The molecule has 0 saturated heterocycles. The molecule has 1 aliphatic rings. The van der Waals surface area contributed by atoms with Gasteiger partial charge in [-0.1, -0.05) is 22.4 Å². The number of hydrogen-bond donors (Lipinski definition) is 4. The van der Waals surface area contributed by atoms with E-state index in [9.17, 15) is 37.5 Å². The maximum Gasteiger partial charge on any atom is 0.491 e. The lowest BCUT2D eigenvalue weighted by molar-refractivity contribution is -0.189. The Morgan fingerprint density at radius 2 is 1.82 bits per heavy atom. The van der Waals surface area contributed by atoms with E-state index in [-0.39, 0.29) is 35.6 Å². The maximum absolute atomic E-state index is 13.0. The summed E-state index contributed by atoms with van der Waals surface area (Å²) in [5.74, 6) is -4.97. The lowest BCUT2D eigenvalue weighted by atomic mass is 10.0. The SMILES string of the molecule is CCOC(=O)C[C@@H](NC(=O)CNC(=O)c1cc(NC2=NCCCCC2)cc(OC(=O)C(F)(F)F)c1)c1cc(Br)cc(Br)c1O. The van der Waals surface area contributed by atoms with Gasteiger partial charge in [0.05, 0.1) is 30.1 Å². The number of alkyl halides is 3. The lowest BCUT2D eigenvalue weighted by Gasteiger charge is -2.21. The van der Waals surface area contributed by atoms with E-state index in [0.29, 0.717) is 27.7 Å². The summed E-state index contributed by atoms with van der Waals surface area (Å²) in [4.78, 5) is 54.0. The first-order valence-corrected chi connectivity index (χ1v) is 15.0. The summed E-state index contributed by atoms with van der Waals surface area (Å²) >= 11 is 6.50. The van der Waals surface area contributed by atoms with E-state index in [1.165, 1.54) is 12.1 Å². The monoisotopic (exact) mass is 748 g/mol. The van der Waals surface area contributed by atoms with Gasteiger partial charge in [-0.25, -0.2) is 4.79 Å². The number of aromatic hydroxyl groups is 1. The van der Waals surface area contributed by atoms with E-state index >= 15 is 0 Å². The molecule has 0 bridgehead atoms. The molecule has 2 aromatic carbocycles. The van der Waals surface area contributed by atoms with Crippen molar-refractivity contribution in [1.82, 2.24) is 10.6 Å². The minimum atomic E-state index is -5.27. The number of amides is 2. The standard InChI is InChI=1S/C28H29Br2F3N4O7/c1-2-43-24(39)13-21(19-10-16(29)11-20(30)25(19)40)37-23(38)14-35-26(41)15-8-17(36-22-6-4-3-5-7-34-22)12-18(9-15)44-27(42)28(31,32)33/h8-12,21,40H,2-7,13-14H2,1H3,(H,34,36)(H,35,41)(H,37,38)/t21-/m1/s1. The number of aliphatic imine (C=N–C) groups is 1. The fourth-order valence-electron chi connectivity index (χ4n) is 4.15. The van der Waals surface area contributed by atoms with E-state index < -0.39 is 48.3 Å². The molecule has 2 amide bonds. The summed E-state index contributed by atoms with van der Waals surface area (Å²) in [5, 5.41) is 18.4. The van der Waals surface area contributed by atoms with Gasteiger partial charge < -0.3 is 30.5 Å². The Morgan fingerprint density at radius 3 is 2.52 bits per heavy atom. The molecule has 0 fully saturated rings. The fraction of sp³-hybridized carbons (Fsp3) is 0.393. The molecular weight excluding hydrogens is 721 g/mol. The van der Waals surface area contributed by atoms with Gasteiger partial charge in [0.15, 0.2) is 0 Å². The molecule has 1 aliphatic heterocycles. The minimum absolute atomic E-state index is 0.0885. The molecule has 0 aliphatic carbocycles. The summed E-state index contributed by atoms with van der Waals surface area (Å²) in [6.07, 6.45) is -2.37. The number of anilines is 1. The van der Waals surface area contributed by atoms with Crippen molar-refractivity contribution in [3.63, 3.8) is 0 Å². The summed E-state index contributed by atoms with van der Waals surface area (Å²) in [7, 11) is 0. The maximum atomic E-state index is 13.0. The lowest BCUT2D eigenvalue weighted by Crippen LogP contribution is -2.39. The van der Waals surface area contributed by atoms with Crippen molar-refractivity contribution in [2.24, 2.45) is 4.99 Å². The van der Waals surface area contributed by atoms with Gasteiger partial charge >= 0.3 is 18.1 Å². The fourth-order valence-corrected chi connectivity index (χ4v) is 5.41. The van der Waals surface area contributed by atoms with Gasteiger partial charge in [0, 0.05) is 40.3 Å². The van der Waals surface area contributed by atoms with Crippen molar-refractivity contribution in [3.05, 3.63) is 50.4 Å². The van der Waals surface area contributed by atoms with Crippen molar-refractivity contribution < 1.29 is 46.9 Å². The topological polar surface area (TPSA) is 155 Å². The number of esters is 2. The summed E-state index contributed by atoms with van der Waals surface area (Å²) < 4.78 is 48.8. The van der Waals surface area contributed by atoms with Gasteiger partial charge in [-0.05, 0) is 60.0 Å². The third-order valence-electron chi connectivity index (χ3n) is 6.13. The van der Waals surface area contributed by atoms with Crippen LogP contribution in [0.3, 0.4) is 0 Å². The van der Waals surface area contributed by atoms with E-state index in [2.05, 4.69) is 57.5 Å². The van der Waals surface area contributed by atoms with Crippen molar-refractivity contribution in [3.8, 4) is 11.5 Å². The van der Waals surface area contributed by atoms with Crippen molar-refractivity contribution in [2.45, 2.75) is 51.2 Å². The predicted octanol–water partition coefficient (Wildman–Crippen LogP) is 5.31. The molecule has 2 aromatic rings. The highest BCUT2D eigenvalue weighted by molar-refractivity contribution is 9.11. The summed E-state index contributed by atoms with van der Waals surface area (Å²) in [5.41, 5.74) is 0.131. The van der Waals surface area contributed by atoms with Crippen LogP contribution < -0.4 is 20.7 Å². The molecular formula is C28H29Br2F3N4O7. The highest BCUT2D eigenvalue weighted by atomic mass is 79.9. The zero-order valence-electron chi connectivity index (χ0n) is 23.4. The Bertz CT molecular complexity index is 1440. The van der Waals surface area contributed by atoms with E-state index in [4.69, 9.17) is 4.74 Å². The zero-order chi connectivity index (χ0) is 32.4. The number of ether oxygens (including phenoxy) is 2. The van der Waals surface area contributed by atoms with Gasteiger partial charge in [-0.15, -0.1) is 0 Å². The molecule has 3 rings (SSSR count). The number of hydrogen-bond acceptors (Lipinski definition) is 9. The third kappa shape index (κ3) is 10.5. The Hall–Kier alpha value is -3.66. The second-order valence-electron chi connectivity index (χ2n) is 9.53. The Kier molecular flexibility index (Phi) is 12.6. The molecule has 11 nitrogen and oxygen atoms in total. The molecule has 0 radical (unpaired) electrons. The van der Waals surface area contributed by atoms with Crippen LogP contribution >= 0.6 is 31.9 Å². The van der Waals surface area contributed by atoms with E-state index in [1.54, 1.807) is 13.0 Å². The number of nitrogens with zero attached hydrogens (tertiary/aromatic N) is 1. The third-order valence-corrected chi connectivity index (χ3v) is 7.19. The molecule has 0 saturated carbocycles. The Balaban J connectivity index is 1.79. The van der Waals surface area contributed by atoms with Crippen LogP contribution in [-0.2, 0) is 19.1 Å². The van der Waals surface area contributed by atoms with E-state index in [0.717, 1.165) is 31.4 Å². The number of benzene rings is 2. The first kappa shape index (κ1) is 34.8. The Morgan fingerprint density at radius 1 is 1.07 bits per heavy atom. The van der Waals surface area contributed by atoms with Gasteiger partial charge in [0.1, 0.15) is 17.3 Å². The number of carbonyl (C=O) groups is 4. The van der Waals surface area contributed by atoms with Crippen LogP contribution in [0.15, 0.2) is 44.3 Å². The first-order chi connectivity index (χ1) is 20.8. The molecule has 0 unspecified atom stereocenters. The first-order valence-electron chi connectivity index (χ1n) is 13.4. The number of amidine groups is 1. The second kappa shape index (κ2) is 15.9. The van der Waals surface area contributed by atoms with Crippen LogP contribution in [0.25, 0.3) is 0 Å². The highest BCUT2D eigenvalue weighted by Gasteiger charge is 2.41. The zero-order valence-corrected chi connectivity index (χ0v) is 26.5. The molecule has 238 valence electrons. The van der Waals surface area contributed by atoms with Gasteiger partial charge in [0.2, 0.25) is 5.91 Å². The number of rotatable bonds is 10. The van der Waals surface area contributed by atoms with Crippen molar-refractivity contribution >= 4 is 67.1 Å². The quantitative estimate of drug-likeness (QED) is 0.188. The predicted molar refractivity (Wildman–Crippen MR) is 160 cm³/mol. The summed E-state index contributed by atoms with van der Waals surface area (Å²) in [6, 6.07) is 5.39. The van der Waals surface area contributed by atoms with Crippen LogP contribution in [0.2, 0.25) is 0 Å². The van der Waals surface area contributed by atoms with Crippen LogP contribution in [-0.4, -0.2) is 60.6 Å². The highest BCUT2D eigenvalue weighted by Crippen LogP contribution is 2.36. The molecule has 0 spiro atoms. The normalized spacial score (nSPS) is 14.0. The number of carbonyl (C=O) groups excluding carboxylic acids is 4. The van der Waals surface area contributed by atoms with Gasteiger partial charge in [-0.3, -0.25) is 19.4 Å². The number of nitrogens with one attached hydrogen (secondary N) is 3. The number of phenols is 1. The molecule has 0 aromatic heterocycles. The molecule has 1 atom stereocenters. The van der Waals surface area contributed by atoms with Crippen molar-refractivity contribution in [1.29, 1.82) is 0 Å². The smallest absolute Gasteiger partial charge is 0.491 e.